The van der Waals surface area contributed by atoms with Gasteiger partial charge in [0, 0.05) is 60.9 Å². The summed E-state index contributed by atoms with van der Waals surface area (Å²) < 4.78 is 0. The highest BCUT2D eigenvalue weighted by molar-refractivity contribution is 7.09. The van der Waals surface area contributed by atoms with Crippen molar-refractivity contribution in [2.45, 2.75) is 44.6 Å². The number of piperazine rings is 1. The van der Waals surface area contributed by atoms with Crippen LogP contribution in [0.5, 0.6) is 0 Å². The topological polar surface area (TPSA) is 48.1 Å². The standard InChI is InChI=1S/C22H29N5S/c1-15-25-21(14-28-15)20-13-24-22-19(20)11-17(12-23-22)16-3-5-18(6-4-16)27-9-7-26(2)8-10-27/h11-14,16,18H,3-10H2,1-2H3,(H,23,24)/t16-,18+. The van der Waals surface area contributed by atoms with Crippen LogP contribution in [0.2, 0.25) is 0 Å². The minimum atomic E-state index is 0.639. The second-order valence-corrected chi connectivity index (χ2v) is 9.53. The van der Waals surface area contributed by atoms with Crippen molar-refractivity contribution in [2.75, 3.05) is 33.2 Å². The molecule has 0 amide bonds. The number of nitrogens with zero attached hydrogens (tertiary/aromatic N) is 4. The number of aromatic nitrogens is 3. The summed E-state index contributed by atoms with van der Waals surface area (Å²) in [5, 5.41) is 4.46. The molecule has 2 aliphatic rings. The number of thiazole rings is 1. The van der Waals surface area contributed by atoms with E-state index in [0.717, 1.165) is 22.4 Å². The predicted octanol–water partition coefficient (Wildman–Crippen LogP) is 4.27. The molecule has 4 heterocycles. The highest BCUT2D eigenvalue weighted by atomic mass is 32.1. The van der Waals surface area contributed by atoms with E-state index in [0.29, 0.717) is 5.92 Å². The fraction of sp³-hybridized carbons (Fsp3) is 0.545. The highest BCUT2D eigenvalue weighted by Gasteiger charge is 2.28. The van der Waals surface area contributed by atoms with Gasteiger partial charge < -0.3 is 9.88 Å². The van der Waals surface area contributed by atoms with E-state index in [-0.39, 0.29) is 0 Å². The summed E-state index contributed by atoms with van der Waals surface area (Å²) in [7, 11) is 2.24. The van der Waals surface area contributed by atoms with Gasteiger partial charge in [0.15, 0.2) is 0 Å². The van der Waals surface area contributed by atoms with Gasteiger partial charge in [0.05, 0.1) is 10.7 Å². The number of hydrogen-bond donors (Lipinski definition) is 1. The van der Waals surface area contributed by atoms with Crippen molar-refractivity contribution in [3.05, 3.63) is 34.4 Å². The SMILES string of the molecule is Cc1nc(-c2c[nH]c3ncc([C@H]4CC[C@@H](N5CCN(C)CC5)CC4)cc23)cs1. The molecule has 0 spiro atoms. The van der Waals surface area contributed by atoms with Crippen LogP contribution in [0.15, 0.2) is 23.8 Å². The first-order valence-corrected chi connectivity index (χ1v) is 11.4. The Morgan fingerprint density at radius 1 is 1.11 bits per heavy atom. The molecule has 0 radical (unpaired) electrons. The van der Waals surface area contributed by atoms with Crippen molar-refractivity contribution in [3.63, 3.8) is 0 Å². The lowest BCUT2D eigenvalue weighted by Crippen LogP contribution is -2.49. The summed E-state index contributed by atoms with van der Waals surface area (Å²) in [6.45, 7) is 6.96. The Hall–Kier alpha value is -1.76. The van der Waals surface area contributed by atoms with Gasteiger partial charge in [0.1, 0.15) is 5.65 Å². The van der Waals surface area contributed by atoms with Crippen molar-refractivity contribution in [1.82, 2.24) is 24.8 Å². The van der Waals surface area contributed by atoms with E-state index in [2.05, 4.69) is 57.6 Å². The Morgan fingerprint density at radius 3 is 2.61 bits per heavy atom. The van der Waals surface area contributed by atoms with Crippen LogP contribution < -0.4 is 0 Å². The third-order valence-electron chi connectivity index (χ3n) is 6.67. The van der Waals surface area contributed by atoms with E-state index < -0.39 is 0 Å². The number of rotatable bonds is 3. The molecular formula is C22H29N5S. The maximum Gasteiger partial charge on any atom is 0.137 e. The minimum Gasteiger partial charge on any atom is -0.345 e. The predicted molar refractivity (Wildman–Crippen MR) is 116 cm³/mol. The Morgan fingerprint density at radius 2 is 1.89 bits per heavy atom. The van der Waals surface area contributed by atoms with Crippen LogP contribution in [-0.4, -0.2) is 64.0 Å². The molecule has 5 rings (SSSR count). The van der Waals surface area contributed by atoms with Crippen LogP contribution in [0.25, 0.3) is 22.3 Å². The van der Waals surface area contributed by atoms with E-state index in [1.165, 1.54) is 68.4 Å². The third-order valence-corrected chi connectivity index (χ3v) is 7.44. The van der Waals surface area contributed by atoms with E-state index >= 15 is 0 Å². The molecule has 1 N–H and O–H groups in total. The summed E-state index contributed by atoms with van der Waals surface area (Å²) in [5.74, 6) is 0.639. The van der Waals surface area contributed by atoms with Crippen molar-refractivity contribution in [2.24, 2.45) is 0 Å². The van der Waals surface area contributed by atoms with E-state index in [1.807, 2.05) is 0 Å². The summed E-state index contributed by atoms with van der Waals surface area (Å²) in [6.07, 6.45) is 9.34. The molecule has 6 heteroatoms. The van der Waals surface area contributed by atoms with Crippen molar-refractivity contribution < 1.29 is 0 Å². The molecule has 0 bridgehead atoms. The van der Waals surface area contributed by atoms with Crippen molar-refractivity contribution in [3.8, 4) is 11.3 Å². The molecule has 1 aliphatic carbocycles. The van der Waals surface area contributed by atoms with Crippen molar-refractivity contribution >= 4 is 22.4 Å². The third kappa shape index (κ3) is 3.49. The normalized spacial score (nSPS) is 24.8. The quantitative estimate of drug-likeness (QED) is 0.719. The average molecular weight is 396 g/mol. The van der Waals surface area contributed by atoms with E-state index in [9.17, 15) is 0 Å². The molecule has 1 saturated heterocycles. The first-order valence-electron chi connectivity index (χ1n) is 10.5. The number of pyridine rings is 1. The Balaban J connectivity index is 1.32. The van der Waals surface area contributed by atoms with Gasteiger partial charge in [-0.1, -0.05) is 0 Å². The summed E-state index contributed by atoms with van der Waals surface area (Å²) in [4.78, 5) is 17.9. The maximum absolute atomic E-state index is 4.73. The molecule has 2 fully saturated rings. The number of hydrogen-bond acceptors (Lipinski definition) is 5. The summed E-state index contributed by atoms with van der Waals surface area (Å²) >= 11 is 1.70. The molecule has 0 unspecified atom stereocenters. The lowest BCUT2D eigenvalue weighted by molar-refractivity contribution is 0.0878. The molecule has 148 valence electrons. The largest absolute Gasteiger partial charge is 0.345 e. The number of H-pyrrole nitrogens is 1. The molecule has 5 nitrogen and oxygen atoms in total. The number of aryl methyl sites for hydroxylation is 1. The van der Waals surface area contributed by atoms with Crippen LogP contribution in [0.3, 0.4) is 0 Å². The second-order valence-electron chi connectivity index (χ2n) is 8.46. The molecular weight excluding hydrogens is 366 g/mol. The molecule has 0 atom stereocenters. The van der Waals surface area contributed by atoms with Gasteiger partial charge in [-0.05, 0) is 57.2 Å². The first-order chi connectivity index (χ1) is 13.7. The van der Waals surface area contributed by atoms with Gasteiger partial charge in [-0.3, -0.25) is 4.90 Å². The zero-order valence-electron chi connectivity index (χ0n) is 16.8. The molecule has 0 aromatic carbocycles. The molecule has 3 aromatic rings. The lowest BCUT2D eigenvalue weighted by Gasteiger charge is -2.41. The van der Waals surface area contributed by atoms with Gasteiger partial charge in [0.25, 0.3) is 0 Å². The van der Waals surface area contributed by atoms with Crippen molar-refractivity contribution in [1.29, 1.82) is 0 Å². The number of aromatic amines is 1. The van der Waals surface area contributed by atoms with Crippen LogP contribution >= 0.6 is 11.3 Å². The van der Waals surface area contributed by atoms with Gasteiger partial charge in [-0.25, -0.2) is 9.97 Å². The zero-order valence-corrected chi connectivity index (χ0v) is 17.6. The molecule has 1 saturated carbocycles. The minimum absolute atomic E-state index is 0.639. The highest BCUT2D eigenvalue weighted by Crippen LogP contribution is 2.37. The number of nitrogens with one attached hydrogen (secondary N) is 1. The smallest absolute Gasteiger partial charge is 0.137 e. The zero-order chi connectivity index (χ0) is 19.1. The van der Waals surface area contributed by atoms with Gasteiger partial charge in [-0.2, -0.15) is 0 Å². The average Bonchev–Trinajstić information content (AvgIpc) is 3.34. The van der Waals surface area contributed by atoms with Gasteiger partial charge >= 0.3 is 0 Å². The lowest BCUT2D eigenvalue weighted by atomic mass is 9.81. The molecule has 3 aromatic heterocycles. The van der Waals surface area contributed by atoms with Crippen LogP contribution in [0.4, 0.5) is 0 Å². The first kappa shape index (κ1) is 18.3. The summed E-state index contributed by atoms with van der Waals surface area (Å²) in [6, 6.07) is 3.14. The maximum atomic E-state index is 4.73. The summed E-state index contributed by atoms with van der Waals surface area (Å²) in [5.41, 5.74) is 4.61. The number of fused-ring (bicyclic) bond motifs is 1. The van der Waals surface area contributed by atoms with E-state index in [4.69, 9.17) is 4.98 Å². The van der Waals surface area contributed by atoms with Gasteiger partial charge in [0.2, 0.25) is 0 Å². The fourth-order valence-electron chi connectivity index (χ4n) is 4.90. The fourth-order valence-corrected chi connectivity index (χ4v) is 5.52. The number of likely N-dealkylation sites (N-methyl/N-ethyl adjacent to an activating group) is 1. The molecule has 28 heavy (non-hydrogen) atoms. The van der Waals surface area contributed by atoms with Crippen LogP contribution in [-0.2, 0) is 0 Å². The van der Waals surface area contributed by atoms with Gasteiger partial charge in [-0.15, -0.1) is 11.3 Å². The molecule has 1 aliphatic heterocycles. The Kier molecular flexibility index (Phi) is 4.95. The van der Waals surface area contributed by atoms with E-state index in [1.54, 1.807) is 11.3 Å². The second kappa shape index (κ2) is 7.58. The Labute approximate surface area is 170 Å². The Bertz CT molecular complexity index is 945. The monoisotopic (exact) mass is 395 g/mol. The van der Waals surface area contributed by atoms with Crippen LogP contribution in [0.1, 0.15) is 42.2 Å². The van der Waals surface area contributed by atoms with Crippen LogP contribution in [0, 0.1) is 6.92 Å².